The number of halogens is 4. The first-order valence-corrected chi connectivity index (χ1v) is 13.9. The monoisotopic (exact) mass is 586 g/mol. The van der Waals surface area contributed by atoms with Crippen LogP contribution in [-0.2, 0) is 29.7 Å². The molecule has 2 aromatic heterocycles. The number of piperidine rings is 1. The molecule has 1 aliphatic heterocycles. The number of ketones is 1. The summed E-state index contributed by atoms with van der Waals surface area (Å²) in [5.74, 6) is -0.793. The first-order valence-electron chi connectivity index (χ1n) is 12.5. The van der Waals surface area contributed by atoms with Gasteiger partial charge in [-0.05, 0) is 73.0 Å². The maximum Gasteiger partial charge on any atom is 0.416 e. The Morgan fingerprint density at radius 1 is 1.02 bits per heavy atom. The fourth-order valence-corrected chi connectivity index (χ4v) is 6.99. The van der Waals surface area contributed by atoms with Crippen LogP contribution in [-0.4, -0.2) is 56.1 Å². The molecule has 1 saturated heterocycles. The second-order valence-corrected chi connectivity index (χ2v) is 12.0. The van der Waals surface area contributed by atoms with Crippen molar-refractivity contribution in [3.8, 4) is 5.69 Å². The number of hydrogen-bond donors (Lipinski definition) is 0. The predicted octanol–water partition coefficient (Wildman–Crippen LogP) is 4.06. The Morgan fingerprint density at radius 2 is 1.73 bits per heavy atom. The number of carbonyl (C=O) groups excluding carboxylic acids is 1. The molecule has 1 atom stereocenters. The number of alkyl halides is 3. The maximum absolute atomic E-state index is 14.1. The van der Waals surface area contributed by atoms with Crippen LogP contribution in [0.3, 0.4) is 0 Å². The van der Waals surface area contributed by atoms with Crippen LogP contribution in [0.2, 0.25) is 0 Å². The minimum Gasteiger partial charge on any atom is -0.290 e. The van der Waals surface area contributed by atoms with E-state index in [4.69, 9.17) is 0 Å². The second-order valence-electron chi connectivity index (χ2n) is 10.0. The standard InChI is InChI=1S/C27H22F4N6O3S/c1-35-25(32-16-34-35)24(38)26-13-17-14-33-37(21-6-4-20(28)5-7-21)23(17)12-19(26)10-11-36(15-26)41(39,40)22-8-2-18(3-9-22)27(29,30)31/h2-9,12,14,16H,10-11,13,15H2,1H3/t26-/m0/s1. The summed E-state index contributed by atoms with van der Waals surface area (Å²) in [6, 6.07) is 9.06. The quantitative estimate of drug-likeness (QED) is 0.258. The van der Waals surface area contributed by atoms with Gasteiger partial charge in [0.2, 0.25) is 15.8 Å². The van der Waals surface area contributed by atoms with E-state index in [9.17, 15) is 30.8 Å². The second kappa shape index (κ2) is 9.45. The lowest BCUT2D eigenvalue weighted by Gasteiger charge is -2.44. The summed E-state index contributed by atoms with van der Waals surface area (Å²) in [5, 5.41) is 8.45. The highest BCUT2D eigenvalue weighted by Crippen LogP contribution is 2.47. The number of nitrogens with zero attached hydrogens (tertiary/aromatic N) is 6. The highest BCUT2D eigenvalue weighted by Gasteiger charge is 2.52. The number of aromatic nitrogens is 5. The van der Waals surface area contributed by atoms with Crippen LogP contribution in [0.15, 0.2) is 71.5 Å². The van der Waals surface area contributed by atoms with Crippen molar-refractivity contribution >= 4 is 21.9 Å². The molecule has 0 spiro atoms. The van der Waals surface area contributed by atoms with Gasteiger partial charge in [0, 0.05) is 20.1 Å². The number of Topliss-reactive ketones (excluding diaryl/α,β-unsaturated/α-hetero) is 1. The lowest BCUT2D eigenvalue weighted by Crippen LogP contribution is -2.53. The van der Waals surface area contributed by atoms with Gasteiger partial charge in [0.25, 0.3) is 0 Å². The number of sulfonamides is 1. The molecule has 1 fully saturated rings. The van der Waals surface area contributed by atoms with Gasteiger partial charge in [-0.3, -0.25) is 4.79 Å². The molecular weight excluding hydrogens is 564 g/mol. The number of benzene rings is 2. The molecule has 9 nitrogen and oxygen atoms in total. The van der Waals surface area contributed by atoms with Gasteiger partial charge >= 0.3 is 6.18 Å². The predicted molar refractivity (Wildman–Crippen MR) is 138 cm³/mol. The summed E-state index contributed by atoms with van der Waals surface area (Å²) in [5.41, 5.74) is 0.308. The molecule has 6 rings (SSSR count). The lowest BCUT2D eigenvalue weighted by atomic mass is 9.66. The van der Waals surface area contributed by atoms with Crippen LogP contribution in [0.5, 0.6) is 0 Å². The molecule has 2 aliphatic rings. The third kappa shape index (κ3) is 4.47. The van der Waals surface area contributed by atoms with E-state index in [0.717, 1.165) is 28.6 Å². The molecule has 0 saturated carbocycles. The van der Waals surface area contributed by atoms with Gasteiger partial charge in [0.15, 0.2) is 5.82 Å². The smallest absolute Gasteiger partial charge is 0.290 e. The zero-order chi connectivity index (χ0) is 29.2. The van der Waals surface area contributed by atoms with Gasteiger partial charge in [-0.2, -0.15) is 27.7 Å². The van der Waals surface area contributed by atoms with E-state index in [-0.39, 0.29) is 36.7 Å². The molecule has 1 aliphatic carbocycles. The third-order valence-corrected chi connectivity index (χ3v) is 9.48. The highest BCUT2D eigenvalue weighted by molar-refractivity contribution is 7.89. The first kappa shape index (κ1) is 27.0. The Kier molecular flexibility index (Phi) is 6.23. The van der Waals surface area contributed by atoms with Crippen LogP contribution in [0.4, 0.5) is 17.6 Å². The Bertz CT molecular complexity index is 1790. The molecule has 0 bridgehead atoms. The van der Waals surface area contributed by atoms with Crippen LogP contribution < -0.4 is 0 Å². The minimum absolute atomic E-state index is 0.00303. The van der Waals surface area contributed by atoms with Crippen molar-refractivity contribution < 1.29 is 30.8 Å². The van der Waals surface area contributed by atoms with Gasteiger partial charge in [0.05, 0.1) is 33.5 Å². The maximum atomic E-state index is 14.1. The van der Waals surface area contributed by atoms with Crippen molar-refractivity contribution in [2.24, 2.45) is 12.5 Å². The van der Waals surface area contributed by atoms with Gasteiger partial charge in [-0.1, -0.05) is 5.57 Å². The fraction of sp³-hybridized carbons (Fsp3) is 0.259. The summed E-state index contributed by atoms with van der Waals surface area (Å²) in [4.78, 5) is 18.0. The van der Waals surface area contributed by atoms with E-state index >= 15 is 0 Å². The van der Waals surface area contributed by atoms with Crippen molar-refractivity contribution in [1.29, 1.82) is 0 Å². The van der Waals surface area contributed by atoms with Crippen LogP contribution in [0, 0.1) is 11.2 Å². The normalized spacial score (nSPS) is 19.4. The molecule has 0 radical (unpaired) electrons. The SMILES string of the molecule is Cn1ncnc1C(=O)[C@]12Cc3cnn(-c4ccc(F)cc4)c3C=C1CCN(S(=O)(=O)c1ccc(C(F)(F)F)cc1)C2. The molecule has 212 valence electrons. The van der Waals surface area contributed by atoms with E-state index in [2.05, 4.69) is 15.2 Å². The minimum atomic E-state index is -4.61. The number of rotatable bonds is 5. The number of carbonyl (C=O) groups is 1. The van der Waals surface area contributed by atoms with E-state index in [1.165, 1.54) is 23.1 Å². The molecule has 0 unspecified atom stereocenters. The molecule has 3 heterocycles. The van der Waals surface area contributed by atoms with Crippen LogP contribution in [0.1, 0.15) is 33.9 Å². The van der Waals surface area contributed by atoms with Crippen molar-refractivity contribution in [2.45, 2.75) is 23.9 Å². The topological polar surface area (TPSA) is 103 Å². The van der Waals surface area contributed by atoms with Gasteiger partial charge in [-0.15, -0.1) is 0 Å². The van der Waals surface area contributed by atoms with Crippen LogP contribution in [0.25, 0.3) is 11.8 Å². The Morgan fingerprint density at radius 3 is 2.37 bits per heavy atom. The van der Waals surface area contributed by atoms with E-state index in [1.54, 1.807) is 30.1 Å². The Labute approximate surface area is 231 Å². The number of fused-ring (bicyclic) bond motifs is 2. The van der Waals surface area contributed by atoms with Gasteiger partial charge in [0.1, 0.15) is 12.1 Å². The van der Waals surface area contributed by atoms with Gasteiger partial charge in [-0.25, -0.2) is 27.2 Å². The fourth-order valence-electron chi connectivity index (χ4n) is 5.49. The highest BCUT2D eigenvalue weighted by atomic mass is 32.2. The first-order chi connectivity index (χ1) is 19.4. The largest absolute Gasteiger partial charge is 0.416 e. The third-order valence-electron chi connectivity index (χ3n) is 7.62. The van der Waals surface area contributed by atoms with Crippen molar-refractivity contribution in [3.63, 3.8) is 0 Å². The zero-order valence-corrected chi connectivity index (χ0v) is 22.3. The average molecular weight is 587 g/mol. The molecule has 4 aromatic rings. The summed E-state index contributed by atoms with van der Waals surface area (Å²) in [6.45, 7) is -0.252. The Balaban J connectivity index is 1.42. The summed E-state index contributed by atoms with van der Waals surface area (Å²) in [7, 11) is -2.70. The molecular formula is C27H22F4N6O3S. The van der Waals surface area contributed by atoms with E-state index in [1.807, 2.05) is 6.08 Å². The lowest BCUT2D eigenvalue weighted by molar-refractivity contribution is -0.137. The van der Waals surface area contributed by atoms with Crippen molar-refractivity contribution in [3.05, 3.63) is 95.1 Å². The summed E-state index contributed by atoms with van der Waals surface area (Å²) >= 11 is 0. The average Bonchev–Trinajstić information content (AvgIpc) is 3.56. The zero-order valence-electron chi connectivity index (χ0n) is 21.5. The molecule has 41 heavy (non-hydrogen) atoms. The number of aryl methyl sites for hydroxylation is 1. The molecule has 14 heteroatoms. The van der Waals surface area contributed by atoms with Crippen molar-refractivity contribution in [1.82, 2.24) is 28.9 Å². The molecule has 0 N–H and O–H groups in total. The Hall–Kier alpha value is -4.17. The summed E-state index contributed by atoms with van der Waals surface area (Å²) in [6.07, 6.45) is 0.287. The summed E-state index contributed by atoms with van der Waals surface area (Å²) < 4.78 is 84.1. The van der Waals surface area contributed by atoms with Gasteiger partial charge < -0.3 is 0 Å². The van der Waals surface area contributed by atoms with E-state index in [0.29, 0.717) is 22.5 Å². The van der Waals surface area contributed by atoms with E-state index < -0.39 is 38.8 Å². The molecule has 0 amide bonds. The molecule has 2 aromatic carbocycles. The van der Waals surface area contributed by atoms with Crippen molar-refractivity contribution in [2.75, 3.05) is 13.1 Å². The number of hydrogen-bond acceptors (Lipinski definition) is 6. The van der Waals surface area contributed by atoms with Crippen LogP contribution >= 0.6 is 0 Å².